The fourth-order valence-electron chi connectivity index (χ4n) is 0.508. The van der Waals surface area contributed by atoms with Crippen molar-refractivity contribution in [3.8, 4) is 0 Å². The first-order valence-electron chi connectivity index (χ1n) is 4.79. The van der Waals surface area contributed by atoms with Gasteiger partial charge in [-0.25, -0.2) is 0 Å². The van der Waals surface area contributed by atoms with Crippen molar-refractivity contribution in [2.45, 2.75) is 33.6 Å². The number of hydrogen-bond acceptors (Lipinski definition) is 4. The van der Waals surface area contributed by atoms with Gasteiger partial charge in [0.25, 0.3) is 12.9 Å². The summed E-state index contributed by atoms with van der Waals surface area (Å²) in [6, 6.07) is 0. The van der Waals surface area contributed by atoms with Crippen LogP contribution in [0, 0.1) is 5.92 Å². The van der Waals surface area contributed by atoms with Crippen molar-refractivity contribution in [2.24, 2.45) is 5.92 Å². The predicted molar refractivity (Wildman–Crippen MR) is 53.8 cm³/mol. The molecule has 0 amide bonds. The van der Waals surface area contributed by atoms with E-state index in [9.17, 15) is 9.59 Å². The Kier molecular flexibility index (Phi) is 15.9. The van der Waals surface area contributed by atoms with Crippen LogP contribution in [0.25, 0.3) is 0 Å². The van der Waals surface area contributed by atoms with Gasteiger partial charge < -0.3 is 9.47 Å². The van der Waals surface area contributed by atoms with Gasteiger partial charge >= 0.3 is 0 Å². The SMILES string of the molecule is CC(C)COC=O.CCCCOC=O. The summed E-state index contributed by atoms with van der Waals surface area (Å²) >= 11 is 0. The standard InChI is InChI=1S/2C5H10O2/c1-5(2)3-7-4-6;1-2-3-4-7-5-6/h4-5H,3H2,1-2H3;5H,2-4H2,1H3. The maximum absolute atomic E-state index is 9.49. The van der Waals surface area contributed by atoms with Crippen LogP contribution in [0.1, 0.15) is 33.6 Å². The van der Waals surface area contributed by atoms with Gasteiger partial charge in [-0.15, -0.1) is 0 Å². The molecule has 4 nitrogen and oxygen atoms in total. The fourth-order valence-corrected chi connectivity index (χ4v) is 0.508. The van der Waals surface area contributed by atoms with E-state index < -0.39 is 0 Å². The number of rotatable bonds is 7. The Morgan fingerprint density at radius 2 is 1.71 bits per heavy atom. The summed E-state index contributed by atoms with van der Waals surface area (Å²) < 4.78 is 8.81. The molecule has 0 radical (unpaired) electrons. The van der Waals surface area contributed by atoms with Crippen LogP contribution in [-0.2, 0) is 19.1 Å². The Labute approximate surface area is 85.6 Å². The Morgan fingerprint density at radius 1 is 1.14 bits per heavy atom. The molecule has 0 rings (SSSR count). The molecule has 0 spiro atoms. The van der Waals surface area contributed by atoms with Crippen molar-refractivity contribution in [1.29, 1.82) is 0 Å². The topological polar surface area (TPSA) is 52.6 Å². The molecule has 0 unspecified atom stereocenters. The molecule has 0 aliphatic carbocycles. The molecule has 0 N–H and O–H groups in total. The largest absolute Gasteiger partial charge is 0.468 e. The first kappa shape index (κ1) is 15.4. The predicted octanol–water partition coefficient (Wildman–Crippen LogP) is 1.77. The van der Waals surface area contributed by atoms with Gasteiger partial charge in [0.05, 0.1) is 13.2 Å². The minimum Gasteiger partial charge on any atom is -0.468 e. The summed E-state index contributed by atoms with van der Waals surface area (Å²) in [6.07, 6.45) is 2.05. The maximum Gasteiger partial charge on any atom is 0.293 e. The van der Waals surface area contributed by atoms with Gasteiger partial charge in [-0.05, 0) is 12.3 Å². The van der Waals surface area contributed by atoms with Crippen molar-refractivity contribution < 1.29 is 19.1 Å². The average Bonchev–Trinajstić information content (AvgIpc) is 2.16. The zero-order valence-corrected chi connectivity index (χ0v) is 9.19. The summed E-state index contributed by atoms with van der Waals surface area (Å²) in [5.41, 5.74) is 0. The minimum absolute atomic E-state index is 0.449. The van der Waals surface area contributed by atoms with Crippen LogP contribution < -0.4 is 0 Å². The number of carbonyl (C=O) groups is 2. The van der Waals surface area contributed by atoms with Crippen LogP contribution in [-0.4, -0.2) is 26.2 Å². The van der Waals surface area contributed by atoms with E-state index in [1.54, 1.807) is 0 Å². The molecule has 0 heterocycles. The van der Waals surface area contributed by atoms with Crippen molar-refractivity contribution in [2.75, 3.05) is 13.2 Å². The molecule has 0 aliphatic rings. The first-order chi connectivity index (χ1) is 6.68. The van der Waals surface area contributed by atoms with Gasteiger partial charge in [-0.1, -0.05) is 27.2 Å². The number of hydrogen-bond donors (Lipinski definition) is 0. The third-order valence-electron chi connectivity index (χ3n) is 1.18. The zero-order chi connectivity index (χ0) is 11.2. The molecule has 0 aromatic rings. The monoisotopic (exact) mass is 204 g/mol. The third-order valence-corrected chi connectivity index (χ3v) is 1.18. The van der Waals surface area contributed by atoms with Gasteiger partial charge in [0.15, 0.2) is 0 Å². The summed E-state index contributed by atoms with van der Waals surface area (Å²) in [5.74, 6) is 0.449. The van der Waals surface area contributed by atoms with E-state index in [1.165, 1.54) is 0 Å². The fraction of sp³-hybridized carbons (Fsp3) is 0.800. The van der Waals surface area contributed by atoms with Crippen molar-refractivity contribution >= 4 is 12.9 Å². The molecule has 84 valence electrons. The minimum atomic E-state index is 0.449. The summed E-state index contributed by atoms with van der Waals surface area (Å²) in [4.78, 5) is 18.9. The molecule has 0 aliphatic heterocycles. The second-order valence-electron chi connectivity index (χ2n) is 3.14. The molecule has 0 bridgehead atoms. The lowest BCUT2D eigenvalue weighted by molar-refractivity contribution is -0.130. The molecule has 4 heteroatoms. The lowest BCUT2D eigenvalue weighted by atomic mass is 10.2. The van der Waals surface area contributed by atoms with Crippen LogP contribution >= 0.6 is 0 Å². The number of unbranched alkanes of at least 4 members (excludes halogenated alkanes) is 1. The van der Waals surface area contributed by atoms with Crippen LogP contribution in [0.15, 0.2) is 0 Å². The third kappa shape index (κ3) is 22.4. The Bertz CT molecular complexity index is 123. The van der Waals surface area contributed by atoms with Crippen molar-refractivity contribution in [1.82, 2.24) is 0 Å². The van der Waals surface area contributed by atoms with E-state index in [1.807, 2.05) is 20.8 Å². The van der Waals surface area contributed by atoms with E-state index in [4.69, 9.17) is 0 Å². The smallest absolute Gasteiger partial charge is 0.293 e. The van der Waals surface area contributed by atoms with E-state index in [2.05, 4.69) is 9.47 Å². The van der Waals surface area contributed by atoms with Crippen LogP contribution in [0.4, 0.5) is 0 Å². The highest BCUT2D eigenvalue weighted by molar-refractivity contribution is 5.37. The molecule has 0 atom stereocenters. The molecule has 0 saturated carbocycles. The molecular weight excluding hydrogens is 184 g/mol. The molecule has 0 saturated heterocycles. The van der Waals surface area contributed by atoms with Crippen LogP contribution in [0.5, 0.6) is 0 Å². The Hall–Kier alpha value is -1.06. The quantitative estimate of drug-likeness (QED) is 0.468. The van der Waals surface area contributed by atoms with Gasteiger partial charge in [-0.3, -0.25) is 9.59 Å². The highest BCUT2D eigenvalue weighted by atomic mass is 16.5. The van der Waals surface area contributed by atoms with Crippen molar-refractivity contribution in [3.63, 3.8) is 0 Å². The van der Waals surface area contributed by atoms with E-state index in [-0.39, 0.29) is 0 Å². The van der Waals surface area contributed by atoms with Gasteiger partial charge in [0.1, 0.15) is 0 Å². The van der Waals surface area contributed by atoms with Gasteiger partial charge in [0.2, 0.25) is 0 Å². The number of ether oxygens (including phenoxy) is 2. The van der Waals surface area contributed by atoms with Crippen LogP contribution in [0.2, 0.25) is 0 Å². The van der Waals surface area contributed by atoms with Crippen LogP contribution in [0.3, 0.4) is 0 Å². The lowest BCUT2D eigenvalue weighted by Crippen LogP contribution is -1.98. The molecular formula is C10H20O4. The Morgan fingerprint density at radius 3 is 2.00 bits per heavy atom. The zero-order valence-electron chi connectivity index (χ0n) is 9.19. The first-order valence-corrected chi connectivity index (χ1v) is 4.79. The molecule has 0 aromatic carbocycles. The molecule has 14 heavy (non-hydrogen) atoms. The summed E-state index contributed by atoms with van der Waals surface area (Å²) in [7, 11) is 0. The Balaban J connectivity index is 0. The van der Waals surface area contributed by atoms with Gasteiger partial charge in [-0.2, -0.15) is 0 Å². The second kappa shape index (κ2) is 14.5. The molecule has 0 fully saturated rings. The van der Waals surface area contributed by atoms with Gasteiger partial charge in [0, 0.05) is 0 Å². The summed E-state index contributed by atoms with van der Waals surface area (Å²) in [5, 5.41) is 0. The van der Waals surface area contributed by atoms with E-state index >= 15 is 0 Å². The highest BCUT2D eigenvalue weighted by Crippen LogP contribution is 1.88. The number of carbonyl (C=O) groups excluding carboxylic acids is 2. The van der Waals surface area contributed by atoms with Crippen molar-refractivity contribution in [3.05, 3.63) is 0 Å². The lowest BCUT2D eigenvalue weighted by Gasteiger charge is -1.98. The summed E-state index contributed by atoms with van der Waals surface area (Å²) in [6.45, 7) is 8.08. The highest BCUT2D eigenvalue weighted by Gasteiger charge is 1.88. The second-order valence-corrected chi connectivity index (χ2v) is 3.14. The maximum atomic E-state index is 9.49. The normalized spacial score (nSPS) is 8.57. The van der Waals surface area contributed by atoms with E-state index in [0.29, 0.717) is 32.1 Å². The molecule has 0 aromatic heterocycles. The van der Waals surface area contributed by atoms with E-state index in [0.717, 1.165) is 12.8 Å². The average molecular weight is 204 g/mol.